The molecule has 0 spiro atoms. The molecule has 0 saturated carbocycles. The summed E-state index contributed by atoms with van der Waals surface area (Å²) >= 11 is 5.52. The highest BCUT2D eigenvalue weighted by Gasteiger charge is 2.07. The lowest BCUT2D eigenvalue weighted by Crippen LogP contribution is -2.24. The number of carbonyl (C=O) groups is 1. The quantitative estimate of drug-likeness (QED) is 0.771. The van der Waals surface area contributed by atoms with E-state index in [1.54, 1.807) is 0 Å². The maximum absolute atomic E-state index is 13.1. The molecule has 0 heterocycles. The highest BCUT2D eigenvalue weighted by atomic mass is 35.5. The van der Waals surface area contributed by atoms with Crippen LogP contribution in [0.15, 0.2) is 18.2 Å². The van der Waals surface area contributed by atoms with E-state index in [1.165, 1.54) is 12.1 Å². The van der Waals surface area contributed by atoms with E-state index in [9.17, 15) is 9.18 Å². The lowest BCUT2D eigenvalue weighted by Gasteiger charge is -2.05. The second kappa shape index (κ2) is 7.25. The number of hydrogen-bond donors (Lipinski definition) is 2. The molecule has 0 fully saturated rings. The molecule has 1 aromatic carbocycles. The Morgan fingerprint density at radius 2 is 2.12 bits per heavy atom. The van der Waals surface area contributed by atoms with Gasteiger partial charge in [0, 0.05) is 18.7 Å². The van der Waals surface area contributed by atoms with Crippen molar-refractivity contribution in [2.24, 2.45) is 0 Å². The number of benzene rings is 1. The number of carbonyl (C=O) groups excluding carboxylic acids is 1. The third-order valence-electron chi connectivity index (χ3n) is 2.30. The summed E-state index contributed by atoms with van der Waals surface area (Å²) in [6.45, 7) is 0.680. The van der Waals surface area contributed by atoms with Crippen molar-refractivity contribution in [2.45, 2.75) is 19.3 Å². The number of unbranched alkanes of at least 4 members (excludes halogenated alkanes) is 2. The van der Waals surface area contributed by atoms with Gasteiger partial charge in [0.05, 0.1) is 5.02 Å². The average molecular weight is 260 g/mol. The molecule has 2 N–H and O–H groups in total. The Labute approximate surface area is 105 Å². The lowest BCUT2D eigenvalue weighted by molar-refractivity contribution is 0.0952. The predicted octanol–water partition coefficient (Wildman–Crippen LogP) is 2.37. The molecule has 5 heteroatoms. The maximum atomic E-state index is 13.1. The minimum Gasteiger partial charge on any atom is -0.396 e. The number of aliphatic hydroxyl groups is 1. The molecule has 94 valence electrons. The first-order chi connectivity index (χ1) is 8.15. The van der Waals surface area contributed by atoms with Gasteiger partial charge < -0.3 is 10.4 Å². The zero-order valence-corrected chi connectivity index (χ0v) is 10.1. The number of halogens is 2. The fourth-order valence-electron chi connectivity index (χ4n) is 1.35. The molecule has 0 aliphatic heterocycles. The molecule has 0 aromatic heterocycles. The minimum atomic E-state index is -0.598. The van der Waals surface area contributed by atoms with E-state index in [1.807, 2.05) is 0 Å². The normalized spacial score (nSPS) is 10.3. The molecule has 3 nitrogen and oxygen atoms in total. The fraction of sp³-hybridized carbons (Fsp3) is 0.417. The van der Waals surface area contributed by atoms with Crippen LogP contribution in [0.2, 0.25) is 5.02 Å². The minimum absolute atomic E-state index is 0.00416. The number of rotatable bonds is 6. The van der Waals surface area contributed by atoms with Gasteiger partial charge in [0.2, 0.25) is 0 Å². The summed E-state index contributed by atoms with van der Waals surface area (Å²) in [7, 11) is 0. The van der Waals surface area contributed by atoms with Gasteiger partial charge in [-0.3, -0.25) is 4.79 Å². The van der Waals surface area contributed by atoms with Gasteiger partial charge in [0.1, 0.15) is 5.82 Å². The van der Waals surface area contributed by atoms with Gasteiger partial charge in [0.25, 0.3) is 5.91 Å². The van der Waals surface area contributed by atoms with Crippen LogP contribution in [-0.4, -0.2) is 24.2 Å². The fourth-order valence-corrected chi connectivity index (χ4v) is 1.47. The summed E-state index contributed by atoms with van der Waals surface area (Å²) in [4.78, 5) is 11.6. The van der Waals surface area contributed by atoms with Crippen molar-refractivity contribution >= 4 is 17.5 Å². The van der Waals surface area contributed by atoms with Crippen molar-refractivity contribution in [3.05, 3.63) is 34.6 Å². The van der Waals surface area contributed by atoms with E-state index in [4.69, 9.17) is 16.7 Å². The van der Waals surface area contributed by atoms with Crippen LogP contribution in [0.3, 0.4) is 0 Å². The number of hydrogen-bond acceptors (Lipinski definition) is 2. The van der Waals surface area contributed by atoms with Crippen LogP contribution >= 0.6 is 11.6 Å². The first-order valence-corrected chi connectivity index (χ1v) is 5.87. The van der Waals surface area contributed by atoms with E-state index in [0.29, 0.717) is 6.54 Å². The smallest absolute Gasteiger partial charge is 0.251 e. The van der Waals surface area contributed by atoms with E-state index in [2.05, 4.69) is 5.32 Å². The Balaban J connectivity index is 2.39. The summed E-state index contributed by atoms with van der Waals surface area (Å²) < 4.78 is 13.1. The zero-order valence-electron chi connectivity index (χ0n) is 9.38. The second-order valence-corrected chi connectivity index (χ2v) is 4.08. The summed E-state index contributed by atoms with van der Waals surface area (Å²) in [5.41, 5.74) is 0.258. The number of aliphatic hydroxyl groups excluding tert-OH is 1. The molecule has 1 aromatic rings. The number of amides is 1. The second-order valence-electron chi connectivity index (χ2n) is 3.67. The average Bonchev–Trinajstić information content (AvgIpc) is 2.32. The van der Waals surface area contributed by atoms with Crippen molar-refractivity contribution in [2.75, 3.05) is 13.2 Å². The lowest BCUT2D eigenvalue weighted by atomic mass is 10.2. The van der Waals surface area contributed by atoms with Gasteiger partial charge in [-0.25, -0.2) is 4.39 Å². The number of nitrogens with one attached hydrogen (secondary N) is 1. The standard InChI is InChI=1S/C12H15ClFNO2/c13-10-5-4-9(8-11(10)14)12(17)15-6-2-1-3-7-16/h4-5,8,16H,1-3,6-7H2,(H,15,17). The monoisotopic (exact) mass is 259 g/mol. The Morgan fingerprint density at radius 1 is 1.35 bits per heavy atom. The van der Waals surface area contributed by atoms with Crippen LogP contribution in [0, 0.1) is 5.82 Å². The van der Waals surface area contributed by atoms with E-state index in [0.717, 1.165) is 25.3 Å². The van der Waals surface area contributed by atoms with Gasteiger partial charge in [0.15, 0.2) is 0 Å². The topological polar surface area (TPSA) is 49.3 Å². The molecule has 0 atom stereocenters. The molecule has 0 aliphatic carbocycles. The summed E-state index contributed by atoms with van der Waals surface area (Å²) in [5, 5.41) is 11.2. The highest BCUT2D eigenvalue weighted by molar-refractivity contribution is 6.30. The predicted molar refractivity (Wildman–Crippen MR) is 64.7 cm³/mol. The Bertz CT molecular complexity index is 385. The molecule has 17 heavy (non-hydrogen) atoms. The Morgan fingerprint density at radius 3 is 2.76 bits per heavy atom. The van der Waals surface area contributed by atoms with Crippen LogP contribution in [0.1, 0.15) is 29.6 Å². The van der Waals surface area contributed by atoms with E-state index in [-0.39, 0.29) is 23.1 Å². The molecular weight excluding hydrogens is 245 g/mol. The molecule has 0 unspecified atom stereocenters. The van der Waals surface area contributed by atoms with Crippen LogP contribution in [-0.2, 0) is 0 Å². The van der Waals surface area contributed by atoms with Crippen molar-refractivity contribution in [1.29, 1.82) is 0 Å². The third kappa shape index (κ3) is 4.71. The van der Waals surface area contributed by atoms with Gasteiger partial charge in [-0.15, -0.1) is 0 Å². The van der Waals surface area contributed by atoms with Crippen LogP contribution in [0.4, 0.5) is 4.39 Å². The van der Waals surface area contributed by atoms with E-state index < -0.39 is 5.82 Å². The Kier molecular flexibility index (Phi) is 5.94. The van der Waals surface area contributed by atoms with Crippen LogP contribution in [0.25, 0.3) is 0 Å². The SMILES string of the molecule is O=C(NCCCCCO)c1ccc(Cl)c(F)c1. The van der Waals surface area contributed by atoms with Crippen molar-refractivity contribution < 1.29 is 14.3 Å². The van der Waals surface area contributed by atoms with Crippen molar-refractivity contribution in [1.82, 2.24) is 5.32 Å². The van der Waals surface area contributed by atoms with Crippen LogP contribution in [0.5, 0.6) is 0 Å². The van der Waals surface area contributed by atoms with Gasteiger partial charge in [-0.1, -0.05) is 11.6 Å². The molecule has 0 bridgehead atoms. The maximum Gasteiger partial charge on any atom is 0.251 e. The summed E-state index contributed by atoms with van der Waals surface area (Å²) in [5.74, 6) is -0.913. The molecular formula is C12H15ClFNO2. The van der Waals surface area contributed by atoms with E-state index >= 15 is 0 Å². The van der Waals surface area contributed by atoms with Gasteiger partial charge >= 0.3 is 0 Å². The third-order valence-corrected chi connectivity index (χ3v) is 2.61. The summed E-state index contributed by atoms with van der Waals surface area (Å²) in [6.07, 6.45) is 2.37. The largest absolute Gasteiger partial charge is 0.396 e. The molecule has 0 aliphatic rings. The zero-order chi connectivity index (χ0) is 12.7. The summed E-state index contributed by atoms with van der Waals surface area (Å²) in [6, 6.07) is 3.96. The Hall–Kier alpha value is -1.13. The highest BCUT2D eigenvalue weighted by Crippen LogP contribution is 2.15. The van der Waals surface area contributed by atoms with Gasteiger partial charge in [-0.2, -0.15) is 0 Å². The molecule has 0 radical (unpaired) electrons. The van der Waals surface area contributed by atoms with Gasteiger partial charge in [-0.05, 0) is 37.5 Å². The first kappa shape index (κ1) is 13.9. The molecule has 0 saturated heterocycles. The van der Waals surface area contributed by atoms with Crippen molar-refractivity contribution in [3.63, 3.8) is 0 Å². The van der Waals surface area contributed by atoms with Crippen molar-refractivity contribution in [3.8, 4) is 0 Å². The van der Waals surface area contributed by atoms with Crippen LogP contribution < -0.4 is 5.32 Å². The first-order valence-electron chi connectivity index (χ1n) is 5.49. The molecule has 1 amide bonds. The molecule has 1 rings (SSSR count).